The predicted octanol–water partition coefficient (Wildman–Crippen LogP) is 3.23. The van der Waals surface area contributed by atoms with Gasteiger partial charge in [0.1, 0.15) is 11.5 Å². The summed E-state index contributed by atoms with van der Waals surface area (Å²) < 4.78 is 38.4. The lowest BCUT2D eigenvalue weighted by Gasteiger charge is -2.32. The van der Waals surface area contributed by atoms with Crippen molar-refractivity contribution in [3.63, 3.8) is 0 Å². The Kier molecular flexibility index (Phi) is 6.20. The number of carbonyl (C=O) groups is 1. The average Bonchev–Trinajstić information content (AvgIpc) is 3.34. The fourth-order valence-corrected chi connectivity index (χ4v) is 5.74. The van der Waals surface area contributed by atoms with Gasteiger partial charge in [-0.05, 0) is 80.6 Å². The number of methoxy groups -OCH3 is 1. The largest absolute Gasteiger partial charge is 0.497 e. The van der Waals surface area contributed by atoms with Crippen LogP contribution in [-0.4, -0.2) is 51.5 Å². The van der Waals surface area contributed by atoms with E-state index in [9.17, 15) is 13.2 Å². The lowest BCUT2D eigenvalue weighted by Crippen LogP contribution is -2.43. The topological polar surface area (TPSA) is 76.1 Å². The first kappa shape index (κ1) is 21.6. The van der Waals surface area contributed by atoms with Crippen LogP contribution in [0.25, 0.3) is 0 Å². The first-order chi connectivity index (χ1) is 14.9. The van der Waals surface area contributed by atoms with Crippen LogP contribution in [-0.2, 0) is 21.2 Å². The minimum absolute atomic E-state index is 0.146. The Balaban J connectivity index is 1.52. The van der Waals surface area contributed by atoms with Crippen molar-refractivity contribution in [2.24, 2.45) is 0 Å². The van der Waals surface area contributed by atoms with E-state index in [-0.39, 0.29) is 5.91 Å². The van der Waals surface area contributed by atoms with Gasteiger partial charge in [-0.2, -0.15) is 4.31 Å². The highest BCUT2D eigenvalue weighted by Crippen LogP contribution is 2.32. The molecule has 2 aromatic carbocycles. The third kappa shape index (κ3) is 4.41. The lowest BCUT2D eigenvalue weighted by molar-refractivity contribution is -0.124. The molecule has 166 valence electrons. The lowest BCUT2D eigenvalue weighted by atomic mass is 10.0. The van der Waals surface area contributed by atoms with E-state index in [0.717, 1.165) is 42.7 Å². The molecular weight excluding hydrogens is 416 g/mol. The summed E-state index contributed by atoms with van der Waals surface area (Å²) in [6.07, 6.45) is 2.65. The summed E-state index contributed by atoms with van der Waals surface area (Å²) in [7, 11) is -1.88. The van der Waals surface area contributed by atoms with E-state index in [0.29, 0.717) is 30.3 Å². The maximum absolute atomic E-state index is 13.1. The van der Waals surface area contributed by atoms with E-state index in [1.54, 1.807) is 65.7 Å². The monoisotopic (exact) mass is 444 g/mol. The molecule has 0 aromatic heterocycles. The second kappa shape index (κ2) is 8.88. The van der Waals surface area contributed by atoms with Crippen LogP contribution in [0.4, 0.5) is 5.69 Å². The van der Waals surface area contributed by atoms with Gasteiger partial charge in [0, 0.05) is 25.3 Å². The van der Waals surface area contributed by atoms with E-state index < -0.39 is 16.1 Å². The zero-order valence-electron chi connectivity index (χ0n) is 17.9. The Morgan fingerprint density at radius 3 is 2.32 bits per heavy atom. The molecule has 1 amide bonds. The predicted molar refractivity (Wildman–Crippen MR) is 118 cm³/mol. The van der Waals surface area contributed by atoms with Crippen LogP contribution in [0.1, 0.15) is 31.7 Å². The fraction of sp³-hybridized carbons (Fsp3) is 0.435. The molecule has 4 rings (SSSR count). The molecule has 2 aliphatic rings. The van der Waals surface area contributed by atoms with E-state index in [1.165, 1.54) is 0 Å². The van der Waals surface area contributed by atoms with Crippen LogP contribution < -0.4 is 14.4 Å². The number of benzene rings is 2. The van der Waals surface area contributed by atoms with Crippen molar-refractivity contribution in [2.75, 3.05) is 31.6 Å². The molecule has 2 aromatic rings. The van der Waals surface area contributed by atoms with Crippen molar-refractivity contribution in [2.45, 2.75) is 43.6 Å². The molecule has 1 unspecified atom stereocenters. The third-order valence-electron chi connectivity index (χ3n) is 5.86. The number of carbonyl (C=O) groups excluding carboxylic acids is 1. The van der Waals surface area contributed by atoms with Crippen molar-refractivity contribution in [3.8, 4) is 11.5 Å². The minimum Gasteiger partial charge on any atom is -0.497 e. The average molecular weight is 445 g/mol. The van der Waals surface area contributed by atoms with Crippen molar-refractivity contribution in [1.29, 1.82) is 0 Å². The van der Waals surface area contributed by atoms with Gasteiger partial charge in [-0.3, -0.25) is 4.79 Å². The van der Waals surface area contributed by atoms with Crippen LogP contribution in [0.2, 0.25) is 0 Å². The number of aryl methyl sites for hydroxylation is 1. The van der Waals surface area contributed by atoms with Gasteiger partial charge in [0.05, 0.1) is 12.0 Å². The number of fused-ring (bicyclic) bond motifs is 1. The summed E-state index contributed by atoms with van der Waals surface area (Å²) in [6.45, 7) is 3.46. The number of hydrogen-bond donors (Lipinski definition) is 0. The van der Waals surface area contributed by atoms with Gasteiger partial charge >= 0.3 is 0 Å². The number of anilines is 1. The zero-order valence-corrected chi connectivity index (χ0v) is 18.7. The van der Waals surface area contributed by atoms with Gasteiger partial charge in [-0.25, -0.2) is 8.42 Å². The summed E-state index contributed by atoms with van der Waals surface area (Å²) in [5.74, 6) is 1.16. The van der Waals surface area contributed by atoms with Crippen molar-refractivity contribution < 1.29 is 22.7 Å². The number of sulfonamides is 1. The van der Waals surface area contributed by atoms with Crippen LogP contribution in [0.15, 0.2) is 47.4 Å². The molecule has 8 heteroatoms. The second-order valence-electron chi connectivity index (χ2n) is 7.93. The van der Waals surface area contributed by atoms with E-state index in [4.69, 9.17) is 9.47 Å². The summed E-state index contributed by atoms with van der Waals surface area (Å²) in [5.41, 5.74) is 1.65. The molecule has 2 heterocycles. The molecule has 0 aliphatic carbocycles. The summed E-state index contributed by atoms with van der Waals surface area (Å²) in [6, 6.07) is 12.2. The highest BCUT2D eigenvalue weighted by molar-refractivity contribution is 7.89. The third-order valence-corrected chi connectivity index (χ3v) is 7.75. The normalized spacial score (nSPS) is 17.8. The minimum atomic E-state index is -3.48. The maximum Gasteiger partial charge on any atom is 0.267 e. The number of amides is 1. The van der Waals surface area contributed by atoms with Crippen LogP contribution in [0, 0.1) is 0 Å². The summed E-state index contributed by atoms with van der Waals surface area (Å²) >= 11 is 0. The number of hydrogen-bond acceptors (Lipinski definition) is 5. The molecule has 1 saturated heterocycles. The molecule has 0 saturated carbocycles. The SMILES string of the molecule is COc1ccc(OC(C)C(=O)N2CCCc3cc(S(=O)(=O)N4CCCC4)ccc32)cc1. The highest BCUT2D eigenvalue weighted by Gasteiger charge is 2.31. The standard InChI is InChI=1S/C23H28N2O5S/c1-17(30-20-9-7-19(29-2)8-10-20)23(26)25-15-5-6-18-16-21(11-12-22(18)25)31(27,28)24-13-3-4-14-24/h7-12,16-17H,3-6,13-15H2,1-2H3. The van der Waals surface area contributed by atoms with Crippen molar-refractivity contribution >= 4 is 21.6 Å². The van der Waals surface area contributed by atoms with E-state index in [1.807, 2.05) is 0 Å². The molecule has 0 bridgehead atoms. The molecule has 0 spiro atoms. The fourth-order valence-electron chi connectivity index (χ4n) is 4.17. The number of ether oxygens (including phenoxy) is 2. The van der Waals surface area contributed by atoms with Gasteiger partial charge < -0.3 is 14.4 Å². The molecule has 1 fully saturated rings. The molecule has 0 N–H and O–H groups in total. The maximum atomic E-state index is 13.1. The molecule has 0 radical (unpaired) electrons. The quantitative estimate of drug-likeness (QED) is 0.684. The summed E-state index contributed by atoms with van der Waals surface area (Å²) in [4.78, 5) is 15.1. The van der Waals surface area contributed by atoms with Crippen LogP contribution in [0.5, 0.6) is 11.5 Å². The van der Waals surface area contributed by atoms with Gasteiger partial charge in [-0.1, -0.05) is 0 Å². The molecule has 1 atom stereocenters. The molecule has 2 aliphatic heterocycles. The van der Waals surface area contributed by atoms with Gasteiger partial charge in [0.25, 0.3) is 5.91 Å². The smallest absolute Gasteiger partial charge is 0.267 e. The summed E-state index contributed by atoms with van der Waals surface area (Å²) in [5, 5.41) is 0. The molecular formula is C23H28N2O5S. The van der Waals surface area contributed by atoms with Crippen LogP contribution in [0.3, 0.4) is 0 Å². The Bertz CT molecular complexity index is 1050. The second-order valence-corrected chi connectivity index (χ2v) is 9.87. The van der Waals surface area contributed by atoms with Crippen molar-refractivity contribution in [1.82, 2.24) is 4.31 Å². The Hall–Kier alpha value is -2.58. The van der Waals surface area contributed by atoms with Gasteiger partial charge in [0.2, 0.25) is 10.0 Å². The zero-order chi connectivity index (χ0) is 22.0. The van der Waals surface area contributed by atoms with E-state index >= 15 is 0 Å². The number of nitrogens with zero attached hydrogens (tertiary/aromatic N) is 2. The highest BCUT2D eigenvalue weighted by atomic mass is 32.2. The van der Waals surface area contributed by atoms with Gasteiger partial charge in [0.15, 0.2) is 6.10 Å². The Morgan fingerprint density at radius 2 is 1.65 bits per heavy atom. The van der Waals surface area contributed by atoms with Crippen molar-refractivity contribution in [3.05, 3.63) is 48.0 Å². The van der Waals surface area contributed by atoms with Crippen LogP contribution >= 0.6 is 0 Å². The Morgan fingerprint density at radius 1 is 0.968 bits per heavy atom. The Labute approximate surface area is 183 Å². The molecule has 31 heavy (non-hydrogen) atoms. The van der Waals surface area contributed by atoms with Gasteiger partial charge in [-0.15, -0.1) is 0 Å². The van der Waals surface area contributed by atoms with E-state index in [2.05, 4.69) is 0 Å². The first-order valence-corrected chi connectivity index (χ1v) is 12.1. The molecule has 7 nitrogen and oxygen atoms in total. The first-order valence-electron chi connectivity index (χ1n) is 10.7. The number of rotatable bonds is 6.